The van der Waals surface area contributed by atoms with Gasteiger partial charge in [0.15, 0.2) is 0 Å². The van der Waals surface area contributed by atoms with Crippen LogP contribution in [-0.4, -0.2) is 9.97 Å². The number of pyridine rings is 2. The van der Waals surface area contributed by atoms with Crippen molar-refractivity contribution in [2.45, 2.75) is 6.92 Å². The monoisotopic (exact) mass is 176 g/mol. The Kier molecular flexibility index (Phi) is 1.66. The van der Waals surface area contributed by atoms with Crippen molar-refractivity contribution in [1.82, 2.24) is 9.97 Å². The second-order valence-corrected chi connectivity index (χ2v) is 3.15. The van der Waals surface area contributed by atoms with Crippen molar-refractivity contribution in [1.29, 1.82) is 0 Å². The Morgan fingerprint density at radius 1 is 1.50 bits per heavy atom. The Morgan fingerprint density at radius 2 is 2.33 bits per heavy atom. The number of aromatic nitrogens is 2. The van der Waals surface area contributed by atoms with Crippen LogP contribution in [0.3, 0.4) is 0 Å². The molecular formula is C9H8N2S. The van der Waals surface area contributed by atoms with E-state index in [1.165, 1.54) is 0 Å². The second kappa shape index (κ2) is 2.68. The zero-order chi connectivity index (χ0) is 8.55. The lowest BCUT2D eigenvalue weighted by Gasteiger charge is -1.98. The van der Waals surface area contributed by atoms with Crippen molar-refractivity contribution in [3.05, 3.63) is 34.7 Å². The van der Waals surface area contributed by atoms with E-state index in [2.05, 4.69) is 16.0 Å². The Hall–Kier alpha value is -1.22. The molecule has 3 heteroatoms. The fraction of sp³-hybridized carbons (Fsp3) is 0.111. The molecule has 0 aliphatic carbocycles. The molecule has 2 aromatic rings. The molecule has 0 radical (unpaired) electrons. The molecule has 2 heterocycles. The van der Waals surface area contributed by atoms with Crippen LogP contribution in [0.5, 0.6) is 0 Å². The summed E-state index contributed by atoms with van der Waals surface area (Å²) >= 11 is 5.10. The summed E-state index contributed by atoms with van der Waals surface area (Å²) in [6.07, 6.45) is 3.56. The van der Waals surface area contributed by atoms with Crippen LogP contribution < -0.4 is 0 Å². The quantitative estimate of drug-likeness (QED) is 0.625. The molecule has 12 heavy (non-hydrogen) atoms. The average molecular weight is 176 g/mol. The van der Waals surface area contributed by atoms with Gasteiger partial charge < -0.3 is 4.98 Å². The van der Waals surface area contributed by atoms with Crippen molar-refractivity contribution in [2.75, 3.05) is 0 Å². The minimum atomic E-state index is 0.788. The first-order chi connectivity index (χ1) is 5.77. The zero-order valence-corrected chi connectivity index (χ0v) is 7.48. The first-order valence-corrected chi connectivity index (χ1v) is 4.12. The van der Waals surface area contributed by atoms with E-state index >= 15 is 0 Å². The maximum atomic E-state index is 5.10. The normalized spacial score (nSPS) is 10.4. The van der Waals surface area contributed by atoms with Crippen LogP contribution >= 0.6 is 12.2 Å². The zero-order valence-electron chi connectivity index (χ0n) is 6.66. The predicted octanol–water partition coefficient (Wildman–Crippen LogP) is 2.60. The summed E-state index contributed by atoms with van der Waals surface area (Å²) in [6.45, 7) is 2.00. The van der Waals surface area contributed by atoms with Crippen LogP contribution in [-0.2, 0) is 0 Å². The fourth-order valence-corrected chi connectivity index (χ4v) is 1.32. The van der Waals surface area contributed by atoms with Gasteiger partial charge in [0.2, 0.25) is 0 Å². The molecular weight excluding hydrogens is 168 g/mol. The molecule has 0 unspecified atom stereocenters. The lowest BCUT2D eigenvalue weighted by atomic mass is 10.2. The first-order valence-electron chi connectivity index (χ1n) is 3.71. The molecule has 2 nitrogen and oxygen atoms in total. The number of aromatic amines is 1. The Labute approximate surface area is 75.3 Å². The van der Waals surface area contributed by atoms with E-state index in [4.69, 9.17) is 12.2 Å². The molecule has 0 aromatic carbocycles. The number of fused-ring (bicyclic) bond motifs is 1. The number of hydrogen-bond acceptors (Lipinski definition) is 2. The highest BCUT2D eigenvalue weighted by Gasteiger charge is 1.93. The van der Waals surface area contributed by atoms with Gasteiger partial charge >= 0.3 is 0 Å². The minimum Gasteiger partial charge on any atom is -0.345 e. The van der Waals surface area contributed by atoms with E-state index in [1.807, 2.05) is 13.0 Å². The molecule has 0 fully saturated rings. The van der Waals surface area contributed by atoms with Gasteiger partial charge in [0.25, 0.3) is 0 Å². The van der Waals surface area contributed by atoms with Gasteiger partial charge in [-0.05, 0) is 24.6 Å². The van der Waals surface area contributed by atoms with Crippen LogP contribution in [0.25, 0.3) is 10.9 Å². The second-order valence-electron chi connectivity index (χ2n) is 2.74. The molecule has 1 N–H and O–H groups in total. The van der Waals surface area contributed by atoms with E-state index < -0.39 is 0 Å². The summed E-state index contributed by atoms with van der Waals surface area (Å²) in [7, 11) is 0. The van der Waals surface area contributed by atoms with E-state index in [0.717, 1.165) is 21.1 Å². The van der Waals surface area contributed by atoms with Gasteiger partial charge in [-0.2, -0.15) is 0 Å². The summed E-state index contributed by atoms with van der Waals surface area (Å²) in [4.78, 5) is 7.12. The molecule has 0 amide bonds. The van der Waals surface area contributed by atoms with Crippen LogP contribution in [0, 0.1) is 11.6 Å². The molecule has 2 aromatic heterocycles. The van der Waals surface area contributed by atoms with Crippen molar-refractivity contribution in [3.63, 3.8) is 0 Å². The SMILES string of the molecule is Cc1cc2ccncc2[nH]c1=S. The highest BCUT2D eigenvalue weighted by molar-refractivity contribution is 7.71. The van der Waals surface area contributed by atoms with Crippen LogP contribution in [0.1, 0.15) is 5.56 Å². The van der Waals surface area contributed by atoms with Crippen molar-refractivity contribution >= 4 is 23.1 Å². The molecule has 0 saturated carbocycles. The molecule has 2 rings (SSSR count). The topological polar surface area (TPSA) is 28.7 Å². The maximum absolute atomic E-state index is 5.10. The van der Waals surface area contributed by atoms with Gasteiger partial charge in [-0.1, -0.05) is 12.2 Å². The lowest BCUT2D eigenvalue weighted by molar-refractivity contribution is 1.26. The third kappa shape index (κ3) is 1.12. The van der Waals surface area contributed by atoms with E-state index in [-0.39, 0.29) is 0 Å². The number of rotatable bonds is 0. The van der Waals surface area contributed by atoms with Gasteiger partial charge in [-0.25, -0.2) is 0 Å². The highest BCUT2D eigenvalue weighted by Crippen LogP contribution is 2.11. The standard InChI is InChI=1S/C9H8N2S/c1-6-4-7-2-3-10-5-8(7)11-9(6)12/h2-5H,1H3,(H,11,12). The summed E-state index contributed by atoms with van der Waals surface area (Å²) in [5.41, 5.74) is 2.09. The largest absolute Gasteiger partial charge is 0.345 e. The van der Waals surface area contributed by atoms with Crippen molar-refractivity contribution in [3.8, 4) is 0 Å². The highest BCUT2D eigenvalue weighted by atomic mass is 32.1. The van der Waals surface area contributed by atoms with Crippen LogP contribution in [0.4, 0.5) is 0 Å². The molecule has 0 bridgehead atoms. The Balaban J connectivity index is 2.93. The number of nitrogens with one attached hydrogen (secondary N) is 1. The molecule has 0 aliphatic rings. The fourth-order valence-electron chi connectivity index (χ4n) is 1.16. The van der Waals surface area contributed by atoms with Crippen molar-refractivity contribution < 1.29 is 0 Å². The summed E-state index contributed by atoms with van der Waals surface area (Å²) in [5, 5.41) is 1.15. The number of hydrogen-bond donors (Lipinski definition) is 1. The lowest BCUT2D eigenvalue weighted by Crippen LogP contribution is -1.84. The maximum Gasteiger partial charge on any atom is 0.106 e. The minimum absolute atomic E-state index is 0.788. The molecule has 0 aliphatic heterocycles. The average Bonchev–Trinajstić information content (AvgIpc) is 2.07. The summed E-state index contributed by atoms with van der Waals surface area (Å²) in [6, 6.07) is 4.03. The number of nitrogens with zero attached hydrogens (tertiary/aromatic N) is 1. The molecule has 0 saturated heterocycles. The van der Waals surface area contributed by atoms with Gasteiger partial charge in [0, 0.05) is 11.6 Å². The van der Waals surface area contributed by atoms with Crippen LogP contribution in [0.15, 0.2) is 24.5 Å². The number of aryl methyl sites for hydroxylation is 1. The molecule has 0 atom stereocenters. The third-order valence-corrected chi connectivity index (χ3v) is 2.26. The Bertz CT molecular complexity index is 473. The van der Waals surface area contributed by atoms with Gasteiger partial charge in [-0.3, -0.25) is 4.98 Å². The van der Waals surface area contributed by atoms with Gasteiger partial charge in [0.05, 0.1) is 11.7 Å². The first kappa shape index (κ1) is 7.43. The van der Waals surface area contributed by atoms with Gasteiger partial charge in [-0.15, -0.1) is 0 Å². The third-order valence-electron chi connectivity index (χ3n) is 1.83. The van der Waals surface area contributed by atoms with Crippen LogP contribution in [0.2, 0.25) is 0 Å². The van der Waals surface area contributed by atoms with Crippen molar-refractivity contribution in [2.24, 2.45) is 0 Å². The predicted molar refractivity (Wildman–Crippen MR) is 51.7 cm³/mol. The Morgan fingerprint density at radius 3 is 3.17 bits per heavy atom. The van der Waals surface area contributed by atoms with E-state index in [1.54, 1.807) is 12.4 Å². The summed E-state index contributed by atoms with van der Waals surface area (Å²) in [5.74, 6) is 0. The number of H-pyrrole nitrogens is 1. The molecule has 60 valence electrons. The van der Waals surface area contributed by atoms with Gasteiger partial charge in [0.1, 0.15) is 4.64 Å². The van der Waals surface area contributed by atoms with E-state index in [9.17, 15) is 0 Å². The molecule has 0 spiro atoms. The summed E-state index contributed by atoms with van der Waals surface area (Å²) < 4.78 is 0.788. The smallest absolute Gasteiger partial charge is 0.106 e. The van der Waals surface area contributed by atoms with E-state index in [0.29, 0.717) is 0 Å².